The molecule has 4 aromatic carbocycles. The van der Waals surface area contributed by atoms with Gasteiger partial charge in [0.15, 0.2) is 6.04 Å². The van der Waals surface area contributed by atoms with E-state index >= 15 is 0 Å². The third-order valence-corrected chi connectivity index (χ3v) is 11.5. The number of rotatable bonds is 21. The topological polar surface area (TPSA) is 203 Å². The van der Waals surface area contributed by atoms with Crippen LogP contribution in [0.3, 0.4) is 0 Å². The lowest BCUT2D eigenvalue weighted by Crippen LogP contribution is -2.54. The summed E-state index contributed by atoms with van der Waals surface area (Å²) in [7, 11) is 0. The minimum Gasteiger partial charge on any atom is -0.480 e. The van der Waals surface area contributed by atoms with Gasteiger partial charge in [-0.2, -0.15) is 30.0 Å². The van der Waals surface area contributed by atoms with Gasteiger partial charge in [0.05, 0.1) is 49.4 Å². The fourth-order valence-corrected chi connectivity index (χ4v) is 7.86. The zero-order chi connectivity index (χ0) is 48.6. The van der Waals surface area contributed by atoms with Gasteiger partial charge in [0.25, 0.3) is 5.54 Å². The molecule has 16 heteroatoms. The second-order valence-electron chi connectivity index (χ2n) is 16.3. The molecule has 0 radical (unpaired) electrons. The van der Waals surface area contributed by atoms with Crippen LogP contribution in [0.4, 0.5) is 0 Å². The number of carbonyl (C=O) groups excluding carboxylic acids is 2. The first-order valence-corrected chi connectivity index (χ1v) is 23.1. The molecule has 4 aromatic heterocycles. The summed E-state index contributed by atoms with van der Waals surface area (Å²) in [5.41, 5.74) is 6.08. The van der Waals surface area contributed by atoms with Crippen molar-refractivity contribution in [3.63, 3.8) is 0 Å². The van der Waals surface area contributed by atoms with E-state index in [2.05, 4.69) is 42.5 Å². The summed E-state index contributed by atoms with van der Waals surface area (Å²) >= 11 is 0. The van der Waals surface area contributed by atoms with E-state index in [1.807, 2.05) is 111 Å². The van der Waals surface area contributed by atoms with E-state index in [-0.39, 0.29) is 19.6 Å². The second-order valence-corrected chi connectivity index (χ2v) is 16.3. The van der Waals surface area contributed by atoms with Crippen molar-refractivity contribution in [1.82, 2.24) is 40.0 Å². The molecule has 0 aliphatic rings. The highest BCUT2D eigenvalue weighted by Crippen LogP contribution is 2.27. The summed E-state index contributed by atoms with van der Waals surface area (Å²) < 4.78 is 22.3. The van der Waals surface area contributed by atoms with Crippen molar-refractivity contribution in [3.05, 3.63) is 179 Å². The Hall–Kier alpha value is -8.01. The van der Waals surface area contributed by atoms with Gasteiger partial charge in [0, 0.05) is 24.0 Å². The highest BCUT2D eigenvalue weighted by Gasteiger charge is 2.53. The number of benzene rings is 4. The second kappa shape index (κ2) is 23.6. The lowest BCUT2D eigenvalue weighted by Gasteiger charge is -2.28. The van der Waals surface area contributed by atoms with Crippen LogP contribution < -0.4 is 0 Å². The Morgan fingerprint density at radius 3 is 1.43 bits per heavy atom. The maximum atomic E-state index is 13.1. The van der Waals surface area contributed by atoms with E-state index in [1.165, 1.54) is 35.1 Å². The van der Waals surface area contributed by atoms with Crippen molar-refractivity contribution in [1.29, 1.82) is 0 Å². The molecule has 0 aliphatic carbocycles. The van der Waals surface area contributed by atoms with Crippen molar-refractivity contribution in [2.24, 2.45) is 0 Å². The first kappa shape index (κ1) is 48.9. The summed E-state index contributed by atoms with van der Waals surface area (Å²) in [6, 6.07) is 34.8. The van der Waals surface area contributed by atoms with Crippen LogP contribution in [0.1, 0.15) is 77.9 Å². The average molecular weight is 933 g/mol. The number of carboxylic acids is 1. The highest BCUT2D eigenvalue weighted by molar-refractivity contribution is 6.02. The van der Waals surface area contributed by atoms with Gasteiger partial charge in [-0.15, -0.1) is 0 Å². The maximum absolute atomic E-state index is 13.1. The van der Waals surface area contributed by atoms with Crippen LogP contribution in [-0.4, -0.2) is 76.2 Å². The molecule has 0 aliphatic heterocycles. The Morgan fingerprint density at radius 1 is 0.580 bits per heavy atom. The van der Waals surface area contributed by atoms with Gasteiger partial charge in [0.1, 0.15) is 11.5 Å². The van der Waals surface area contributed by atoms with Gasteiger partial charge in [-0.3, -0.25) is 0 Å². The monoisotopic (exact) mass is 932 g/mol. The standard InChI is InChI=1S/C29H32N4O5.C24H24N4O3/c1-4-36-27(34)29(28(35)37-5-2,33-30-18-19-31-33)20-23-16-14-22(15-17-23)10-9-13-25-21(3)38-26(32-25)24-11-7-6-8-12-24;1-17-21(27-23(31-17)20-7-3-2-4-8-20)9-5-6-18-10-12-19(13-11-18)16-22(24(29)30)28-25-14-15-26-28/h6-8,11-12,14-19H,4-5,9-10,13,20H2,1-3H3;2-4,7-8,10-15,22H,5-6,9,16H2,1H3,(H,29,30). The summed E-state index contributed by atoms with van der Waals surface area (Å²) in [5, 5.41) is 25.6. The molecule has 1 atom stereocenters. The van der Waals surface area contributed by atoms with Gasteiger partial charge in [-0.05, 0) is 113 Å². The fourth-order valence-electron chi connectivity index (χ4n) is 7.86. The Balaban J connectivity index is 0.000000208. The molecular weight excluding hydrogens is 877 g/mol. The largest absolute Gasteiger partial charge is 0.480 e. The number of aromatic nitrogens is 8. The van der Waals surface area contributed by atoms with Crippen LogP contribution in [0.25, 0.3) is 22.9 Å². The van der Waals surface area contributed by atoms with E-state index in [1.54, 1.807) is 13.8 Å². The molecule has 0 saturated heterocycles. The molecule has 356 valence electrons. The van der Waals surface area contributed by atoms with Crippen LogP contribution >= 0.6 is 0 Å². The molecule has 0 fully saturated rings. The van der Waals surface area contributed by atoms with Gasteiger partial charge in [-0.25, -0.2) is 24.4 Å². The van der Waals surface area contributed by atoms with Crippen LogP contribution in [0.5, 0.6) is 0 Å². The molecule has 16 nitrogen and oxygen atoms in total. The van der Waals surface area contributed by atoms with Crippen molar-refractivity contribution in [2.45, 2.75) is 90.6 Å². The van der Waals surface area contributed by atoms with Gasteiger partial charge >= 0.3 is 17.9 Å². The van der Waals surface area contributed by atoms with E-state index in [4.69, 9.17) is 18.3 Å². The normalized spacial score (nSPS) is 11.7. The number of esters is 2. The van der Waals surface area contributed by atoms with E-state index in [0.29, 0.717) is 18.2 Å². The Bertz CT molecular complexity index is 2820. The summed E-state index contributed by atoms with van der Waals surface area (Å²) in [6.07, 6.45) is 11.4. The summed E-state index contributed by atoms with van der Waals surface area (Å²) in [4.78, 5) is 49.4. The minimum absolute atomic E-state index is 0.0000235. The van der Waals surface area contributed by atoms with Crippen LogP contribution in [0, 0.1) is 13.8 Å². The minimum atomic E-state index is -1.85. The number of aliphatic carboxylic acids is 1. The molecule has 0 bridgehead atoms. The van der Waals surface area contributed by atoms with Gasteiger partial charge in [-0.1, -0.05) is 84.9 Å². The SMILES string of the molecule is CCOC(=O)C(Cc1ccc(CCCc2nc(-c3ccccc3)oc2C)cc1)(C(=O)OCC)n1nccn1.Cc1oc(-c2ccccc2)nc1CCCc1ccc(CC(C(=O)O)n2nccn2)cc1. The molecule has 8 rings (SSSR count). The zero-order valence-electron chi connectivity index (χ0n) is 39.2. The molecule has 1 unspecified atom stereocenters. The van der Waals surface area contributed by atoms with Crippen LogP contribution in [-0.2, 0) is 67.9 Å². The predicted octanol–water partition coefficient (Wildman–Crippen LogP) is 8.77. The van der Waals surface area contributed by atoms with Gasteiger partial charge in [0.2, 0.25) is 11.8 Å². The van der Waals surface area contributed by atoms with E-state index < -0.39 is 29.5 Å². The quantitative estimate of drug-likeness (QED) is 0.0529. The Labute approximate surface area is 400 Å². The van der Waals surface area contributed by atoms with Crippen molar-refractivity contribution >= 4 is 17.9 Å². The molecule has 0 amide bonds. The molecule has 8 aromatic rings. The molecule has 4 heterocycles. The number of ether oxygens (including phenoxy) is 2. The van der Waals surface area contributed by atoms with Crippen molar-refractivity contribution in [3.8, 4) is 22.9 Å². The number of aryl methyl sites for hydroxylation is 6. The third-order valence-electron chi connectivity index (χ3n) is 11.5. The summed E-state index contributed by atoms with van der Waals surface area (Å²) in [6.45, 7) is 7.48. The van der Waals surface area contributed by atoms with E-state index in [0.717, 1.165) is 94.0 Å². The molecule has 1 N–H and O–H groups in total. The number of hydrogen-bond acceptors (Lipinski definition) is 13. The lowest BCUT2D eigenvalue weighted by atomic mass is 9.90. The third kappa shape index (κ3) is 12.5. The molecule has 0 saturated carbocycles. The van der Waals surface area contributed by atoms with Crippen LogP contribution in [0.2, 0.25) is 0 Å². The van der Waals surface area contributed by atoms with Crippen molar-refractivity contribution in [2.75, 3.05) is 13.2 Å². The van der Waals surface area contributed by atoms with E-state index in [9.17, 15) is 19.5 Å². The molecule has 69 heavy (non-hydrogen) atoms. The Morgan fingerprint density at radius 2 is 1.00 bits per heavy atom. The predicted molar refractivity (Wildman–Crippen MR) is 256 cm³/mol. The first-order valence-electron chi connectivity index (χ1n) is 23.1. The number of carboxylic acid groups (broad SMARTS) is 1. The number of carbonyl (C=O) groups is 3. The molecule has 0 spiro atoms. The number of oxazole rings is 2. The number of nitrogens with zero attached hydrogens (tertiary/aromatic N) is 8. The average Bonchev–Trinajstić information content (AvgIpc) is 4.22. The number of hydrogen-bond donors (Lipinski definition) is 1. The highest BCUT2D eigenvalue weighted by atomic mass is 16.6. The fraction of sp³-hybridized carbons (Fsp3) is 0.302. The zero-order valence-corrected chi connectivity index (χ0v) is 39.2. The summed E-state index contributed by atoms with van der Waals surface area (Å²) in [5.74, 6) is 0.547. The first-order chi connectivity index (χ1) is 33.6. The maximum Gasteiger partial charge on any atom is 0.348 e. The van der Waals surface area contributed by atoms with Crippen molar-refractivity contribution < 1.29 is 37.8 Å². The van der Waals surface area contributed by atoms with Gasteiger partial charge < -0.3 is 23.4 Å². The molecular formula is C53H56N8O8. The Kier molecular flexibility index (Phi) is 16.8. The lowest BCUT2D eigenvalue weighted by molar-refractivity contribution is -0.172. The smallest absolute Gasteiger partial charge is 0.348 e. The van der Waals surface area contributed by atoms with Crippen LogP contribution in [0.15, 0.2) is 143 Å².